The SMILES string of the molecule is CC(/C=C/C[C@H](C)[C@H](OC(=O)Nc1ccc(F)cc1F)c1ccc(OCCO[Si](CCC(F)(F)C(F)(F)C(F)(F)C(F)(F)C(F)(F)C(F)(F)C(F)(F)C(F)(F)F)(C(C)C)C(C)C)cc1)=C\C(=O)NO. The quantitative estimate of drug-likeness (QED) is 0.0184. The Kier molecular flexibility index (Phi) is 19.4. The largest absolute Gasteiger partial charge is 0.491 e. The maximum Gasteiger partial charge on any atom is 0.460 e. The highest BCUT2D eigenvalue weighted by atomic mass is 28.4. The van der Waals surface area contributed by atoms with Gasteiger partial charge in [-0.1, -0.05) is 58.9 Å². The summed E-state index contributed by atoms with van der Waals surface area (Å²) in [7, 11) is -4.06. The number of alkyl halides is 17. The van der Waals surface area contributed by atoms with E-state index in [-0.39, 0.29) is 12.2 Å². The lowest BCUT2D eigenvalue weighted by atomic mass is 9.88. The van der Waals surface area contributed by atoms with E-state index in [9.17, 15) is 84.2 Å². The Morgan fingerprint density at radius 2 is 1.22 bits per heavy atom. The fourth-order valence-corrected chi connectivity index (χ4v) is 11.2. The molecule has 0 spiro atoms. The number of amides is 2. The standard InChI is InChI=1S/C41H45F19N2O6Si/c1-22(2)69(23(3)4,19-16-34(44,45)35(46,47)36(48,49)37(50,51)38(52,53)39(54,55)40(56,57)41(58,59)60)67-18-17-66-28-13-10-26(11-14-28)32(25(6)9-7-8-24(5)20-31(63)62-65)68-33(64)61-30-15-12-27(42)21-29(30)43/h7-8,10-15,20-23,25,32,65H,9,16-19H2,1-6H3,(H,61,64)(H,62,63)/b8-7+,24-20+/t25-,32-/m0/s1. The first kappa shape index (κ1) is 60.4. The van der Waals surface area contributed by atoms with E-state index in [4.69, 9.17) is 19.1 Å². The fraction of sp³-hybridized carbons (Fsp3) is 0.561. The average molecular weight is 1050 g/mol. The molecule has 2 amide bonds. The van der Waals surface area contributed by atoms with E-state index in [0.29, 0.717) is 17.2 Å². The van der Waals surface area contributed by atoms with Crippen LogP contribution in [0.3, 0.4) is 0 Å². The molecule has 2 atom stereocenters. The summed E-state index contributed by atoms with van der Waals surface area (Å²) in [5.41, 5.74) is -0.177. The van der Waals surface area contributed by atoms with Crippen LogP contribution in [-0.2, 0) is 14.0 Å². The van der Waals surface area contributed by atoms with Crippen molar-refractivity contribution in [1.29, 1.82) is 0 Å². The minimum absolute atomic E-state index is 0.0421. The molecule has 0 fully saturated rings. The maximum atomic E-state index is 15.0. The van der Waals surface area contributed by atoms with Crippen LogP contribution >= 0.6 is 0 Å². The highest BCUT2D eigenvalue weighted by molar-refractivity contribution is 6.76. The summed E-state index contributed by atoms with van der Waals surface area (Å²) in [5.74, 6) is -60.4. The van der Waals surface area contributed by atoms with Gasteiger partial charge in [-0.15, -0.1) is 0 Å². The van der Waals surface area contributed by atoms with Crippen LogP contribution in [-0.4, -0.2) is 86.4 Å². The van der Waals surface area contributed by atoms with E-state index in [2.05, 4.69) is 5.32 Å². The van der Waals surface area contributed by atoms with E-state index in [1.165, 1.54) is 70.4 Å². The molecule has 0 heterocycles. The summed E-state index contributed by atoms with van der Waals surface area (Å²) in [5, 5.41) is 10.9. The molecule has 0 aliphatic carbocycles. The van der Waals surface area contributed by atoms with Crippen LogP contribution in [0.15, 0.2) is 66.3 Å². The summed E-state index contributed by atoms with van der Waals surface area (Å²) < 4.78 is 281. The molecule has 8 nitrogen and oxygen atoms in total. The van der Waals surface area contributed by atoms with Crippen LogP contribution in [0.5, 0.6) is 5.75 Å². The summed E-state index contributed by atoms with van der Waals surface area (Å²) in [6, 6.07) is 6.36. The monoisotopic (exact) mass is 1050 g/mol. The maximum absolute atomic E-state index is 15.0. The van der Waals surface area contributed by atoms with Gasteiger partial charge in [-0.3, -0.25) is 15.3 Å². The Morgan fingerprint density at radius 1 is 0.710 bits per heavy atom. The molecule has 2 aromatic rings. The fourth-order valence-electron chi connectivity index (χ4n) is 6.74. The van der Waals surface area contributed by atoms with Crippen LogP contribution in [0, 0.1) is 17.6 Å². The molecule has 0 aliphatic rings. The van der Waals surface area contributed by atoms with Crippen molar-refractivity contribution in [3.8, 4) is 5.75 Å². The first-order valence-corrected chi connectivity index (χ1v) is 22.3. The van der Waals surface area contributed by atoms with Gasteiger partial charge >= 0.3 is 53.7 Å². The lowest BCUT2D eigenvalue weighted by Gasteiger charge is -2.44. The van der Waals surface area contributed by atoms with E-state index >= 15 is 8.78 Å². The lowest BCUT2D eigenvalue weighted by Crippen LogP contribution is -2.74. The van der Waals surface area contributed by atoms with Crippen LogP contribution in [0.1, 0.15) is 66.1 Å². The van der Waals surface area contributed by atoms with Crippen LogP contribution in [0.4, 0.5) is 93.9 Å². The highest BCUT2D eigenvalue weighted by Gasteiger charge is 2.95. The third-order valence-electron chi connectivity index (χ3n) is 10.8. The first-order valence-electron chi connectivity index (χ1n) is 20.0. The molecule has 0 radical (unpaired) electrons. The number of hydroxylamine groups is 1. The molecule has 392 valence electrons. The van der Waals surface area contributed by atoms with Crippen molar-refractivity contribution in [1.82, 2.24) is 5.48 Å². The second kappa shape index (κ2) is 22.1. The molecule has 0 saturated heterocycles. The van der Waals surface area contributed by atoms with E-state index in [0.717, 1.165) is 18.2 Å². The normalized spacial score (nSPS) is 15.2. The second-order valence-corrected chi connectivity index (χ2v) is 21.2. The average Bonchev–Trinajstić information content (AvgIpc) is 3.22. The number of nitrogens with one attached hydrogen (secondary N) is 2. The zero-order valence-corrected chi connectivity index (χ0v) is 37.8. The van der Waals surface area contributed by atoms with Gasteiger partial charge in [-0.05, 0) is 65.9 Å². The molecule has 2 rings (SSSR count). The number of benzene rings is 2. The molecular weight excluding hydrogens is 1010 g/mol. The Labute approximate surface area is 382 Å². The summed E-state index contributed by atoms with van der Waals surface area (Å²) in [4.78, 5) is 24.3. The van der Waals surface area contributed by atoms with Gasteiger partial charge in [-0.2, -0.15) is 74.6 Å². The number of hydrogen-bond donors (Lipinski definition) is 3. The van der Waals surface area contributed by atoms with Gasteiger partial charge in [-0.25, -0.2) is 19.1 Å². The van der Waals surface area contributed by atoms with Gasteiger partial charge in [0.2, 0.25) is 0 Å². The Balaban J connectivity index is 2.33. The summed E-state index contributed by atoms with van der Waals surface area (Å²) in [6.07, 6.45) is -8.42. The Morgan fingerprint density at radius 3 is 1.70 bits per heavy atom. The number of anilines is 1. The molecule has 69 heavy (non-hydrogen) atoms. The number of ether oxygens (including phenoxy) is 2. The predicted molar refractivity (Wildman–Crippen MR) is 210 cm³/mol. The second-order valence-electron chi connectivity index (χ2n) is 16.2. The van der Waals surface area contributed by atoms with Crippen molar-refractivity contribution >= 4 is 26.0 Å². The number of hydrogen-bond acceptors (Lipinski definition) is 6. The third-order valence-corrected chi connectivity index (χ3v) is 16.5. The smallest absolute Gasteiger partial charge is 0.460 e. The third kappa shape index (κ3) is 12.8. The first-order chi connectivity index (χ1) is 31.2. The van der Waals surface area contributed by atoms with Gasteiger partial charge in [0, 0.05) is 24.5 Å². The molecule has 28 heteroatoms. The Bertz CT molecular complexity index is 2110. The molecule has 0 aromatic heterocycles. The number of carbonyl (C=O) groups is 2. The predicted octanol–water partition coefficient (Wildman–Crippen LogP) is 13.8. The van der Waals surface area contributed by atoms with Crippen LogP contribution < -0.4 is 15.5 Å². The summed E-state index contributed by atoms with van der Waals surface area (Å²) in [6.45, 7) is 7.23. The Hall–Kier alpha value is -4.73. The number of rotatable bonds is 24. The van der Waals surface area contributed by atoms with Gasteiger partial charge in [0.1, 0.15) is 30.1 Å². The molecular formula is C41H45F19N2O6Si. The van der Waals surface area contributed by atoms with E-state index in [1.807, 2.05) is 0 Å². The summed E-state index contributed by atoms with van der Waals surface area (Å²) >= 11 is 0. The van der Waals surface area contributed by atoms with Crippen molar-refractivity contribution in [2.45, 2.75) is 125 Å². The minimum Gasteiger partial charge on any atom is -0.491 e. The molecule has 0 bridgehead atoms. The minimum atomic E-state index is -8.72. The number of allylic oxidation sites excluding steroid dienone is 3. The number of halogens is 19. The van der Waals surface area contributed by atoms with Crippen molar-refractivity contribution in [2.75, 3.05) is 18.5 Å². The van der Waals surface area contributed by atoms with E-state index in [1.54, 1.807) is 13.0 Å². The van der Waals surface area contributed by atoms with Crippen LogP contribution in [0.2, 0.25) is 17.1 Å². The molecule has 0 unspecified atom stereocenters. The van der Waals surface area contributed by atoms with Gasteiger partial charge in [0.15, 0.2) is 8.32 Å². The van der Waals surface area contributed by atoms with Gasteiger partial charge in [0.05, 0.1) is 12.3 Å². The van der Waals surface area contributed by atoms with Crippen molar-refractivity contribution in [3.63, 3.8) is 0 Å². The molecule has 2 aromatic carbocycles. The molecule has 0 aliphatic heterocycles. The van der Waals surface area contributed by atoms with Gasteiger partial charge in [0.25, 0.3) is 5.91 Å². The molecule has 3 N–H and O–H groups in total. The molecule has 0 saturated carbocycles. The van der Waals surface area contributed by atoms with Crippen molar-refractivity contribution in [2.24, 2.45) is 5.92 Å². The van der Waals surface area contributed by atoms with Crippen molar-refractivity contribution in [3.05, 3.63) is 83.5 Å². The highest BCUT2D eigenvalue weighted by Crippen LogP contribution is 2.64. The van der Waals surface area contributed by atoms with Crippen molar-refractivity contribution < 1.29 is 112 Å². The van der Waals surface area contributed by atoms with Crippen LogP contribution in [0.25, 0.3) is 0 Å². The van der Waals surface area contributed by atoms with E-state index < -0.39 is 134 Å². The lowest BCUT2D eigenvalue weighted by molar-refractivity contribution is -0.461. The van der Waals surface area contributed by atoms with Gasteiger partial charge < -0.3 is 13.9 Å². The number of carbonyl (C=O) groups excluding carboxylic acids is 2. The topological polar surface area (TPSA) is 106 Å². The zero-order chi connectivity index (χ0) is 53.6. The zero-order valence-electron chi connectivity index (χ0n) is 36.8.